The largest absolute Gasteiger partial charge is 0.375 e. The number of thiazole rings is 1. The molecule has 4 heteroatoms. The minimum Gasteiger partial charge on any atom is -0.375 e. The van der Waals surface area contributed by atoms with Crippen molar-refractivity contribution in [2.45, 2.75) is 38.6 Å². The minimum atomic E-state index is 0.592. The van der Waals surface area contributed by atoms with E-state index in [1.54, 1.807) is 11.3 Å². The highest BCUT2D eigenvalue weighted by Crippen LogP contribution is 2.29. The molecule has 0 aliphatic carbocycles. The summed E-state index contributed by atoms with van der Waals surface area (Å²) in [5.74, 6) is 0.592. The molecular weight excluding hydrogens is 206 g/mol. The Morgan fingerprint density at radius 2 is 2.40 bits per heavy atom. The maximum Gasteiger partial charge on any atom is 0.180 e. The standard InChI is InChI=1S/C11H19N3S/c1-8(2)14-5-3-4-9(6-14)10-7-15-11(12)13-10/h7-9H,3-6H2,1-2H3,(H2,12,13)/t9-/m1/s1. The summed E-state index contributed by atoms with van der Waals surface area (Å²) in [6.07, 6.45) is 2.53. The first-order valence-corrected chi connectivity index (χ1v) is 6.49. The Labute approximate surface area is 95.3 Å². The van der Waals surface area contributed by atoms with E-state index in [-0.39, 0.29) is 0 Å². The molecule has 84 valence electrons. The lowest BCUT2D eigenvalue weighted by Gasteiger charge is -2.34. The number of nitrogen functional groups attached to an aromatic ring is 1. The van der Waals surface area contributed by atoms with Gasteiger partial charge in [-0.25, -0.2) is 4.98 Å². The van der Waals surface area contributed by atoms with Crippen LogP contribution >= 0.6 is 11.3 Å². The number of nitrogens with two attached hydrogens (primary N) is 1. The van der Waals surface area contributed by atoms with Crippen LogP contribution in [0.15, 0.2) is 5.38 Å². The zero-order valence-corrected chi connectivity index (χ0v) is 10.3. The van der Waals surface area contributed by atoms with Gasteiger partial charge < -0.3 is 10.6 Å². The first-order chi connectivity index (χ1) is 7.16. The highest BCUT2D eigenvalue weighted by molar-refractivity contribution is 7.13. The van der Waals surface area contributed by atoms with Gasteiger partial charge in [0, 0.05) is 23.9 Å². The average Bonchev–Trinajstić information content (AvgIpc) is 2.65. The van der Waals surface area contributed by atoms with Gasteiger partial charge in [-0.3, -0.25) is 0 Å². The van der Waals surface area contributed by atoms with Gasteiger partial charge in [-0.15, -0.1) is 11.3 Å². The summed E-state index contributed by atoms with van der Waals surface area (Å²) in [6, 6.07) is 0.642. The average molecular weight is 225 g/mol. The van der Waals surface area contributed by atoms with Crippen LogP contribution in [0.2, 0.25) is 0 Å². The van der Waals surface area contributed by atoms with Crippen molar-refractivity contribution in [1.82, 2.24) is 9.88 Å². The van der Waals surface area contributed by atoms with Gasteiger partial charge >= 0.3 is 0 Å². The molecule has 1 aliphatic rings. The van der Waals surface area contributed by atoms with E-state index in [0.29, 0.717) is 17.1 Å². The Kier molecular flexibility index (Phi) is 3.26. The predicted octanol–water partition coefficient (Wildman–Crippen LogP) is 2.31. The van der Waals surface area contributed by atoms with E-state index in [1.165, 1.54) is 25.1 Å². The number of aromatic nitrogens is 1. The number of hydrogen-bond acceptors (Lipinski definition) is 4. The fourth-order valence-electron chi connectivity index (χ4n) is 2.21. The van der Waals surface area contributed by atoms with E-state index in [2.05, 4.69) is 29.1 Å². The van der Waals surface area contributed by atoms with Crippen LogP contribution < -0.4 is 5.73 Å². The molecule has 2 N–H and O–H groups in total. The molecular formula is C11H19N3S. The number of likely N-dealkylation sites (tertiary alicyclic amines) is 1. The van der Waals surface area contributed by atoms with Crippen LogP contribution in [0.5, 0.6) is 0 Å². The van der Waals surface area contributed by atoms with E-state index in [4.69, 9.17) is 5.73 Å². The molecule has 2 heterocycles. The molecule has 0 amide bonds. The van der Waals surface area contributed by atoms with E-state index >= 15 is 0 Å². The number of rotatable bonds is 2. The summed E-state index contributed by atoms with van der Waals surface area (Å²) in [6.45, 7) is 6.89. The van der Waals surface area contributed by atoms with E-state index in [1.807, 2.05) is 0 Å². The van der Waals surface area contributed by atoms with Crippen LogP contribution in [0.4, 0.5) is 5.13 Å². The number of hydrogen-bond donors (Lipinski definition) is 1. The quantitative estimate of drug-likeness (QED) is 0.840. The van der Waals surface area contributed by atoms with Crippen molar-refractivity contribution in [2.75, 3.05) is 18.8 Å². The summed E-state index contributed by atoms with van der Waals surface area (Å²) in [5.41, 5.74) is 6.87. The Bertz CT molecular complexity index is 321. The molecule has 0 saturated carbocycles. The molecule has 0 radical (unpaired) electrons. The number of nitrogens with zero attached hydrogens (tertiary/aromatic N) is 2. The number of piperidine rings is 1. The lowest BCUT2D eigenvalue weighted by atomic mass is 9.95. The van der Waals surface area contributed by atoms with Gasteiger partial charge in [-0.1, -0.05) is 0 Å². The molecule has 1 aliphatic heterocycles. The summed E-state index contributed by atoms with van der Waals surface area (Å²) in [4.78, 5) is 6.93. The van der Waals surface area contributed by atoms with Crippen molar-refractivity contribution in [3.05, 3.63) is 11.1 Å². The lowest BCUT2D eigenvalue weighted by Crippen LogP contribution is -2.39. The molecule has 0 unspecified atom stereocenters. The fraction of sp³-hybridized carbons (Fsp3) is 0.727. The van der Waals surface area contributed by atoms with Crippen molar-refractivity contribution >= 4 is 16.5 Å². The second-order valence-corrected chi connectivity index (χ2v) is 5.43. The van der Waals surface area contributed by atoms with Crippen molar-refractivity contribution in [1.29, 1.82) is 0 Å². The van der Waals surface area contributed by atoms with Crippen molar-refractivity contribution < 1.29 is 0 Å². The Balaban J connectivity index is 2.04. The molecule has 3 nitrogen and oxygen atoms in total. The van der Waals surface area contributed by atoms with Gasteiger partial charge in [0.05, 0.1) is 5.69 Å². The summed E-state index contributed by atoms with van der Waals surface area (Å²) in [5, 5.41) is 2.82. The maximum absolute atomic E-state index is 5.67. The van der Waals surface area contributed by atoms with Crippen molar-refractivity contribution in [3.63, 3.8) is 0 Å². The van der Waals surface area contributed by atoms with Gasteiger partial charge in [0.2, 0.25) is 0 Å². The molecule has 1 saturated heterocycles. The third-order valence-corrected chi connectivity index (χ3v) is 3.83. The molecule has 0 aromatic carbocycles. The monoisotopic (exact) mass is 225 g/mol. The van der Waals surface area contributed by atoms with Crippen molar-refractivity contribution in [2.24, 2.45) is 0 Å². The molecule has 2 rings (SSSR count). The Morgan fingerprint density at radius 1 is 1.60 bits per heavy atom. The van der Waals surface area contributed by atoms with Crippen LogP contribution in [0, 0.1) is 0 Å². The van der Waals surface area contributed by atoms with E-state index in [9.17, 15) is 0 Å². The Hall–Kier alpha value is -0.610. The van der Waals surface area contributed by atoms with Gasteiger partial charge in [0.25, 0.3) is 0 Å². The molecule has 1 atom stereocenters. The third kappa shape index (κ3) is 2.49. The zero-order valence-electron chi connectivity index (χ0n) is 9.44. The first-order valence-electron chi connectivity index (χ1n) is 5.61. The molecule has 15 heavy (non-hydrogen) atoms. The second kappa shape index (κ2) is 4.49. The lowest BCUT2D eigenvalue weighted by molar-refractivity contribution is 0.166. The normalized spacial score (nSPS) is 23.5. The van der Waals surface area contributed by atoms with Crippen LogP contribution in [0.25, 0.3) is 0 Å². The van der Waals surface area contributed by atoms with Crippen LogP contribution in [-0.4, -0.2) is 29.0 Å². The summed E-state index contributed by atoms with van der Waals surface area (Å²) < 4.78 is 0. The Morgan fingerprint density at radius 3 is 3.00 bits per heavy atom. The molecule has 0 spiro atoms. The van der Waals surface area contributed by atoms with Crippen LogP contribution in [0.3, 0.4) is 0 Å². The van der Waals surface area contributed by atoms with Gasteiger partial charge in [-0.2, -0.15) is 0 Å². The second-order valence-electron chi connectivity index (χ2n) is 4.54. The first kappa shape index (κ1) is 10.9. The smallest absolute Gasteiger partial charge is 0.180 e. The molecule has 0 bridgehead atoms. The maximum atomic E-state index is 5.67. The zero-order chi connectivity index (χ0) is 10.8. The van der Waals surface area contributed by atoms with E-state index < -0.39 is 0 Å². The molecule has 1 aromatic rings. The topological polar surface area (TPSA) is 42.1 Å². The minimum absolute atomic E-state index is 0.592. The van der Waals surface area contributed by atoms with E-state index in [0.717, 1.165) is 6.54 Å². The third-order valence-electron chi connectivity index (χ3n) is 3.14. The molecule has 1 aromatic heterocycles. The van der Waals surface area contributed by atoms with Gasteiger partial charge in [0.1, 0.15) is 0 Å². The van der Waals surface area contributed by atoms with Gasteiger partial charge in [-0.05, 0) is 33.2 Å². The van der Waals surface area contributed by atoms with Crippen LogP contribution in [-0.2, 0) is 0 Å². The molecule has 1 fully saturated rings. The summed E-state index contributed by atoms with van der Waals surface area (Å²) in [7, 11) is 0. The highest BCUT2D eigenvalue weighted by Gasteiger charge is 2.24. The fourth-order valence-corrected chi connectivity index (χ4v) is 2.85. The number of anilines is 1. The van der Waals surface area contributed by atoms with Gasteiger partial charge in [0.15, 0.2) is 5.13 Å². The van der Waals surface area contributed by atoms with Crippen molar-refractivity contribution in [3.8, 4) is 0 Å². The SMILES string of the molecule is CC(C)N1CCC[C@@H](c2csc(N)n2)C1. The van der Waals surface area contributed by atoms with Crippen LogP contribution in [0.1, 0.15) is 38.3 Å². The summed E-state index contributed by atoms with van der Waals surface area (Å²) >= 11 is 1.56. The highest BCUT2D eigenvalue weighted by atomic mass is 32.1. The predicted molar refractivity (Wildman–Crippen MR) is 65.2 cm³/mol.